The van der Waals surface area contributed by atoms with Gasteiger partial charge in [0.1, 0.15) is 5.75 Å². The summed E-state index contributed by atoms with van der Waals surface area (Å²) >= 11 is 0. The zero-order chi connectivity index (χ0) is 16.5. The van der Waals surface area contributed by atoms with Crippen LogP contribution in [0.25, 0.3) is 0 Å². The van der Waals surface area contributed by atoms with E-state index in [-0.39, 0.29) is 17.6 Å². The van der Waals surface area contributed by atoms with Gasteiger partial charge in [-0.3, -0.25) is 0 Å². The summed E-state index contributed by atoms with van der Waals surface area (Å²) in [6, 6.07) is 3.64. The maximum Gasteiger partial charge on any atom is 0.488 e. The van der Waals surface area contributed by atoms with Gasteiger partial charge in [-0.25, -0.2) is 0 Å². The van der Waals surface area contributed by atoms with Crippen molar-refractivity contribution < 1.29 is 19.5 Å². The average Bonchev–Trinajstić information content (AvgIpc) is 2.43. The average molecular weight is 306 g/mol. The molecule has 0 bridgehead atoms. The highest BCUT2D eigenvalue weighted by Crippen LogP contribution is 2.48. The van der Waals surface area contributed by atoms with Crippen LogP contribution in [0.15, 0.2) is 12.1 Å². The summed E-state index contributed by atoms with van der Waals surface area (Å²) in [5.41, 5.74) is 2.75. The van der Waals surface area contributed by atoms with Crippen LogP contribution in [-0.4, -0.2) is 30.6 Å². The standard InChI is InChI=1S/C17H27BO4/c1-6-21-11-22-14-10-12(18(19)20)9-13-15(14)17(4,5)8-7-16(13,2)3/h9-10,19-20H,6-8,11H2,1-5H3. The molecule has 22 heavy (non-hydrogen) atoms. The second-order valence-electron chi connectivity index (χ2n) is 7.34. The minimum Gasteiger partial charge on any atom is -0.467 e. The van der Waals surface area contributed by atoms with Crippen molar-refractivity contribution in [1.82, 2.24) is 0 Å². The van der Waals surface area contributed by atoms with Gasteiger partial charge in [0.05, 0.1) is 0 Å². The first-order chi connectivity index (χ1) is 10.2. The molecule has 0 spiro atoms. The summed E-state index contributed by atoms with van der Waals surface area (Å²) in [5.74, 6) is 0.701. The van der Waals surface area contributed by atoms with Crippen LogP contribution >= 0.6 is 0 Å². The van der Waals surface area contributed by atoms with Crippen LogP contribution in [0.1, 0.15) is 58.6 Å². The lowest BCUT2D eigenvalue weighted by atomic mass is 9.61. The van der Waals surface area contributed by atoms with Gasteiger partial charge in [0, 0.05) is 12.2 Å². The SMILES string of the molecule is CCOCOc1cc(B(O)O)cc2c1C(C)(C)CCC2(C)C. The summed E-state index contributed by atoms with van der Waals surface area (Å²) in [6.45, 7) is 11.5. The predicted molar refractivity (Wildman–Crippen MR) is 88.7 cm³/mol. The third kappa shape index (κ3) is 3.32. The molecule has 122 valence electrons. The minimum atomic E-state index is -1.50. The molecule has 0 atom stereocenters. The van der Waals surface area contributed by atoms with Crippen LogP contribution < -0.4 is 10.2 Å². The number of fused-ring (bicyclic) bond motifs is 1. The van der Waals surface area contributed by atoms with Gasteiger partial charge in [-0.2, -0.15) is 0 Å². The summed E-state index contributed by atoms with van der Waals surface area (Å²) in [7, 11) is -1.50. The van der Waals surface area contributed by atoms with Crippen molar-refractivity contribution in [3.8, 4) is 5.75 Å². The fourth-order valence-corrected chi connectivity index (χ4v) is 3.20. The molecule has 0 aliphatic heterocycles. The molecule has 1 aliphatic rings. The van der Waals surface area contributed by atoms with Gasteiger partial charge in [-0.05, 0) is 47.7 Å². The smallest absolute Gasteiger partial charge is 0.467 e. The first kappa shape index (κ1) is 17.3. The zero-order valence-corrected chi connectivity index (χ0v) is 14.3. The lowest BCUT2D eigenvalue weighted by Gasteiger charge is -2.43. The van der Waals surface area contributed by atoms with Gasteiger partial charge in [-0.1, -0.05) is 33.8 Å². The molecule has 0 fully saturated rings. The second-order valence-corrected chi connectivity index (χ2v) is 7.34. The molecule has 0 radical (unpaired) electrons. The number of rotatable bonds is 5. The predicted octanol–water partition coefficient (Wildman–Crippen LogP) is 2.09. The van der Waals surface area contributed by atoms with Gasteiger partial charge < -0.3 is 19.5 Å². The molecule has 2 rings (SSSR count). The van der Waals surface area contributed by atoms with E-state index in [0.29, 0.717) is 17.8 Å². The van der Waals surface area contributed by atoms with Crippen molar-refractivity contribution in [2.75, 3.05) is 13.4 Å². The van der Waals surface area contributed by atoms with Crippen molar-refractivity contribution in [2.24, 2.45) is 0 Å². The summed E-state index contributed by atoms with van der Waals surface area (Å²) < 4.78 is 11.1. The molecule has 4 nitrogen and oxygen atoms in total. The van der Waals surface area contributed by atoms with E-state index < -0.39 is 7.12 Å². The van der Waals surface area contributed by atoms with E-state index in [1.165, 1.54) is 0 Å². The van der Waals surface area contributed by atoms with Crippen molar-refractivity contribution in [3.05, 3.63) is 23.3 Å². The number of ether oxygens (including phenoxy) is 2. The van der Waals surface area contributed by atoms with E-state index in [0.717, 1.165) is 24.0 Å². The van der Waals surface area contributed by atoms with Crippen LogP contribution in [0.5, 0.6) is 5.75 Å². The Labute approximate surface area is 133 Å². The van der Waals surface area contributed by atoms with E-state index >= 15 is 0 Å². The maximum absolute atomic E-state index is 9.59. The highest BCUT2D eigenvalue weighted by atomic mass is 16.7. The highest BCUT2D eigenvalue weighted by Gasteiger charge is 2.40. The van der Waals surface area contributed by atoms with Crippen molar-refractivity contribution in [3.63, 3.8) is 0 Å². The molecule has 1 aromatic carbocycles. The first-order valence-electron chi connectivity index (χ1n) is 7.94. The Kier molecular flexibility index (Phi) is 4.90. The van der Waals surface area contributed by atoms with Gasteiger partial charge in [0.2, 0.25) is 0 Å². The Morgan fingerprint density at radius 3 is 2.32 bits per heavy atom. The molecule has 0 aromatic heterocycles. The summed E-state index contributed by atoms with van der Waals surface area (Å²) in [5, 5.41) is 19.2. The molecule has 1 aliphatic carbocycles. The number of benzene rings is 1. The van der Waals surface area contributed by atoms with E-state index in [1.54, 1.807) is 6.07 Å². The molecule has 0 amide bonds. The highest BCUT2D eigenvalue weighted by molar-refractivity contribution is 6.58. The van der Waals surface area contributed by atoms with Gasteiger partial charge >= 0.3 is 7.12 Å². The van der Waals surface area contributed by atoms with Crippen molar-refractivity contribution in [2.45, 2.75) is 58.3 Å². The largest absolute Gasteiger partial charge is 0.488 e. The fourth-order valence-electron chi connectivity index (χ4n) is 3.20. The normalized spacial score (nSPS) is 18.7. The Morgan fingerprint density at radius 1 is 1.09 bits per heavy atom. The van der Waals surface area contributed by atoms with Gasteiger partial charge in [0.15, 0.2) is 6.79 Å². The molecular weight excluding hydrogens is 279 g/mol. The Balaban J connectivity index is 2.57. The summed E-state index contributed by atoms with van der Waals surface area (Å²) in [4.78, 5) is 0. The summed E-state index contributed by atoms with van der Waals surface area (Å²) in [6.07, 6.45) is 2.13. The van der Waals surface area contributed by atoms with Crippen LogP contribution in [0.2, 0.25) is 0 Å². The van der Waals surface area contributed by atoms with Crippen molar-refractivity contribution in [1.29, 1.82) is 0 Å². The first-order valence-corrected chi connectivity index (χ1v) is 7.94. The lowest BCUT2D eigenvalue weighted by Crippen LogP contribution is -2.38. The molecule has 1 aromatic rings. The van der Waals surface area contributed by atoms with E-state index in [9.17, 15) is 10.0 Å². The third-order valence-corrected chi connectivity index (χ3v) is 4.71. The molecule has 0 unspecified atom stereocenters. The molecule has 2 N–H and O–H groups in total. The zero-order valence-electron chi connectivity index (χ0n) is 14.3. The van der Waals surface area contributed by atoms with Gasteiger partial charge in [0.25, 0.3) is 0 Å². The molecule has 0 saturated heterocycles. The topological polar surface area (TPSA) is 58.9 Å². The lowest BCUT2D eigenvalue weighted by molar-refractivity contribution is 0.0208. The molecule has 5 heteroatoms. The monoisotopic (exact) mass is 306 g/mol. The van der Waals surface area contributed by atoms with Crippen LogP contribution in [0.3, 0.4) is 0 Å². The van der Waals surface area contributed by atoms with Crippen LogP contribution in [0.4, 0.5) is 0 Å². The van der Waals surface area contributed by atoms with E-state index in [2.05, 4.69) is 27.7 Å². The quantitative estimate of drug-likeness (QED) is 0.497. The third-order valence-electron chi connectivity index (χ3n) is 4.71. The van der Waals surface area contributed by atoms with E-state index in [4.69, 9.17) is 9.47 Å². The Hall–Kier alpha value is -1.04. The maximum atomic E-state index is 9.59. The molecular formula is C17H27BO4. The Morgan fingerprint density at radius 2 is 1.73 bits per heavy atom. The fraction of sp³-hybridized carbons (Fsp3) is 0.647. The minimum absolute atomic E-state index is 0.00859. The number of hydrogen-bond donors (Lipinski definition) is 2. The molecule has 0 heterocycles. The van der Waals surface area contributed by atoms with E-state index in [1.807, 2.05) is 13.0 Å². The second kappa shape index (κ2) is 6.22. The van der Waals surface area contributed by atoms with Crippen LogP contribution in [0, 0.1) is 0 Å². The van der Waals surface area contributed by atoms with Gasteiger partial charge in [-0.15, -0.1) is 0 Å². The Bertz CT molecular complexity index is 538. The van der Waals surface area contributed by atoms with Crippen molar-refractivity contribution >= 4 is 12.6 Å². The number of hydrogen-bond acceptors (Lipinski definition) is 4. The molecule has 0 saturated carbocycles. The van der Waals surface area contributed by atoms with Crippen LogP contribution in [-0.2, 0) is 15.6 Å².